The molecule has 7 heteroatoms. The van der Waals surface area contributed by atoms with Crippen LogP contribution < -0.4 is 10.2 Å². The van der Waals surface area contributed by atoms with Crippen LogP contribution in [0.3, 0.4) is 0 Å². The number of rotatable bonds is 7. The number of aryl methyl sites for hydroxylation is 2. The highest BCUT2D eigenvalue weighted by molar-refractivity contribution is 5.93. The van der Waals surface area contributed by atoms with Crippen LogP contribution in [-0.2, 0) is 17.6 Å². The van der Waals surface area contributed by atoms with E-state index in [1.165, 1.54) is 23.3 Å². The molecule has 1 saturated heterocycles. The van der Waals surface area contributed by atoms with Crippen molar-refractivity contribution in [3.63, 3.8) is 0 Å². The number of anilines is 2. The summed E-state index contributed by atoms with van der Waals surface area (Å²) in [5.74, 6) is 0.0179. The molecule has 1 heterocycles. The van der Waals surface area contributed by atoms with Crippen LogP contribution in [0, 0.1) is 10.1 Å². The summed E-state index contributed by atoms with van der Waals surface area (Å²) in [6.07, 6.45) is 1.77. The molecule has 0 bridgehead atoms. The van der Waals surface area contributed by atoms with Crippen molar-refractivity contribution in [3.05, 3.63) is 63.7 Å². The number of nitro groups is 1. The summed E-state index contributed by atoms with van der Waals surface area (Å²) in [4.78, 5) is 27.4. The van der Waals surface area contributed by atoms with Crippen LogP contribution in [0.5, 0.6) is 0 Å². The highest BCUT2D eigenvalue weighted by Crippen LogP contribution is 2.23. The summed E-state index contributed by atoms with van der Waals surface area (Å²) < 4.78 is 0. The lowest BCUT2D eigenvalue weighted by atomic mass is 10.0. The van der Waals surface area contributed by atoms with E-state index >= 15 is 0 Å². The Bertz CT molecular complexity index is 837. The number of amides is 1. The van der Waals surface area contributed by atoms with Crippen LogP contribution in [-0.4, -0.2) is 48.5 Å². The van der Waals surface area contributed by atoms with Crippen LogP contribution in [0.2, 0.25) is 0 Å². The summed E-state index contributed by atoms with van der Waals surface area (Å²) in [6, 6.07) is 12.8. The molecular weight excluding hydrogens is 368 g/mol. The third kappa shape index (κ3) is 5.12. The number of non-ortho nitro benzene ring substituents is 1. The molecule has 154 valence electrons. The van der Waals surface area contributed by atoms with Crippen LogP contribution in [0.1, 0.15) is 25.0 Å². The Kier molecular flexibility index (Phi) is 6.82. The summed E-state index contributed by atoms with van der Waals surface area (Å²) in [7, 11) is 0. The number of benzene rings is 2. The van der Waals surface area contributed by atoms with Crippen LogP contribution in [0.15, 0.2) is 42.5 Å². The van der Waals surface area contributed by atoms with E-state index in [1.54, 1.807) is 12.1 Å². The SMILES string of the molecule is CCc1cccc(CC)c1NC(=O)CN1CCN(c2ccc([N+](=O)[O-])cc2)CC1. The second kappa shape index (κ2) is 9.52. The Morgan fingerprint density at radius 2 is 1.59 bits per heavy atom. The minimum absolute atomic E-state index is 0.0179. The van der Waals surface area contributed by atoms with E-state index in [1.807, 2.05) is 6.07 Å². The maximum atomic E-state index is 12.6. The predicted molar refractivity (Wildman–Crippen MR) is 116 cm³/mol. The zero-order valence-corrected chi connectivity index (χ0v) is 17.1. The van der Waals surface area contributed by atoms with E-state index in [4.69, 9.17) is 0 Å². The summed E-state index contributed by atoms with van der Waals surface area (Å²) in [5, 5.41) is 13.9. The van der Waals surface area contributed by atoms with Gasteiger partial charge in [0.1, 0.15) is 0 Å². The van der Waals surface area contributed by atoms with Crippen molar-refractivity contribution in [3.8, 4) is 0 Å². The first-order chi connectivity index (χ1) is 14.0. The zero-order chi connectivity index (χ0) is 20.8. The number of piperazine rings is 1. The van der Waals surface area contributed by atoms with E-state index in [2.05, 4.69) is 41.1 Å². The van der Waals surface area contributed by atoms with Crippen molar-refractivity contribution in [1.29, 1.82) is 0 Å². The van der Waals surface area contributed by atoms with Gasteiger partial charge in [-0.05, 0) is 36.1 Å². The average molecular weight is 396 g/mol. The molecule has 1 N–H and O–H groups in total. The van der Waals surface area contributed by atoms with Gasteiger partial charge in [-0.2, -0.15) is 0 Å². The Hall–Kier alpha value is -2.93. The maximum absolute atomic E-state index is 12.6. The summed E-state index contributed by atoms with van der Waals surface area (Å²) in [5.41, 5.74) is 4.38. The Labute approximate surface area is 171 Å². The van der Waals surface area contributed by atoms with E-state index < -0.39 is 0 Å². The Morgan fingerprint density at radius 1 is 1.00 bits per heavy atom. The number of carbonyl (C=O) groups is 1. The van der Waals surface area contributed by atoms with Gasteiger partial charge in [-0.1, -0.05) is 32.0 Å². The third-order valence-electron chi connectivity index (χ3n) is 5.43. The number of nitrogens with one attached hydrogen (secondary N) is 1. The predicted octanol–water partition coefficient (Wildman–Crippen LogP) is 3.48. The second-order valence-electron chi connectivity index (χ2n) is 7.24. The molecule has 1 aliphatic heterocycles. The highest BCUT2D eigenvalue weighted by atomic mass is 16.6. The topological polar surface area (TPSA) is 78.7 Å². The fourth-order valence-electron chi connectivity index (χ4n) is 3.73. The number of hydrogen-bond acceptors (Lipinski definition) is 5. The summed E-state index contributed by atoms with van der Waals surface area (Å²) in [6.45, 7) is 7.70. The summed E-state index contributed by atoms with van der Waals surface area (Å²) >= 11 is 0. The monoisotopic (exact) mass is 396 g/mol. The first kappa shape index (κ1) is 20.8. The van der Waals surface area contributed by atoms with Gasteiger partial charge in [0.2, 0.25) is 5.91 Å². The number of nitro benzene ring substituents is 1. The van der Waals surface area contributed by atoms with Crippen molar-refractivity contribution in [2.24, 2.45) is 0 Å². The molecule has 0 aromatic heterocycles. The van der Waals surface area contributed by atoms with Gasteiger partial charge in [0.05, 0.1) is 11.5 Å². The quantitative estimate of drug-likeness (QED) is 0.573. The van der Waals surface area contributed by atoms with Gasteiger partial charge in [-0.25, -0.2) is 0 Å². The van der Waals surface area contributed by atoms with E-state index in [0.717, 1.165) is 50.4 Å². The lowest BCUT2D eigenvalue weighted by molar-refractivity contribution is -0.384. The van der Waals surface area contributed by atoms with E-state index in [9.17, 15) is 14.9 Å². The normalized spacial score (nSPS) is 14.6. The number of carbonyl (C=O) groups excluding carboxylic acids is 1. The molecule has 1 amide bonds. The van der Waals surface area contributed by atoms with Gasteiger partial charge in [0, 0.05) is 49.7 Å². The molecule has 1 aliphatic rings. The van der Waals surface area contributed by atoms with Gasteiger partial charge in [0.25, 0.3) is 5.69 Å². The third-order valence-corrected chi connectivity index (χ3v) is 5.43. The van der Waals surface area contributed by atoms with Crippen molar-refractivity contribution in [2.75, 3.05) is 42.9 Å². The van der Waals surface area contributed by atoms with Crippen molar-refractivity contribution < 1.29 is 9.72 Å². The highest BCUT2D eigenvalue weighted by Gasteiger charge is 2.20. The number of para-hydroxylation sites is 1. The van der Waals surface area contributed by atoms with Gasteiger partial charge >= 0.3 is 0 Å². The van der Waals surface area contributed by atoms with Crippen LogP contribution in [0.25, 0.3) is 0 Å². The second-order valence-corrected chi connectivity index (χ2v) is 7.24. The fraction of sp³-hybridized carbons (Fsp3) is 0.409. The van der Waals surface area contributed by atoms with E-state index in [0.29, 0.717) is 6.54 Å². The average Bonchev–Trinajstić information content (AvgIpc) is 2.74. The lowest BCUT2D eigenvalue weighted by Gasteiger charge is -2.35. The molecule has 7 nitrogen and oxygen atoms in total. The minimum Gasteiger partial charge on any atom is -0.369 e. The van der Waals surface area contributed by atoms with Crippen molar-refractivity contribution in [1.82, 2.24) is 4.90 Å². The van der Waals surface area contributed by atoms with Gasteiger partial charge in [-0.15, -0.1) is 0 Å². The van der Waals surface area contributed by atoms with Crippen LogP contribution >= 0.6 is 0 Å². The Balaban J connectivity index is 1.54. The standard InChI is InChI=1S/C22H28N4O3/c1-3-17-6-5-7-18(4-2)22(17)23-21(27)16-24-12-14-25(15-13-24)19-8-10-20(11-9-19)26(28)29/h5-11H,3-4,12-16H2,1-2H3,(H,23,27). The van der Waals surface area contributed by atoms with Crippen molar-refractivity contribution >= 4 is 23.0 Å². The lowest BCUT2D eigenvalue weighted by Crippen LogP contribution is -2.48. The first-order valence-electron chi connectivity index (χ1n) is 10.1. The van der Waals surface area contributed by atoms with Gasteiger partial charge in [-0.3, -0.25) is 19.8 Å². The molecule has 0 radical (unpaired) electrons. The van der Waals surface area contributed by atoms with Gasteiger partial charge in [0.15, 0.2) is 0 Å². The maximum Gasteiger partial charge on any atom is 0.269 e. The van der Waals surface area contributed by atoms with Crippen molar-refractivity contribution in [2.45, 2.75) is 26.7 Å². The first-order valence-corrected chi connectivity index (χ1v) is 10.1. The number of hydrogen-bond donors (Lipinski definition) is 1. The molecule has 2 aromatic carbocycles. The largest absolute Gasteiger partial charge is 0.369 e. The van der Waals surface area contributed by atoms with Gasteiger partial charge < -0.3 is 10.2 Å². The molecule has 2 aromatic rings. The molecule has 0 unspecified atom stereocenters. The molecule has 1 fully saturated rings. The molecule has 29 heavy (non-hydrogen) atoms. The van der Waals surface area contributed by atoms with Crippen LogP contribution in [0.4, 0.5) is 17.1 Å². The minimum atomic E-state index is -0.388. The number of nitrogens with zero attached hydrogens (tertiary/aromatic N) is 3. The van der Waals surface area contributed by atoms with E-state index in [-0.39, 0.29) is 16.5 Å². The molecule has 3 rings (SSSR count). The zero-order valence-electron chi connectivity index (χ0n) is 17.1. The molecule has 0 atom stereocenters. The molecule has 0 aliphatic carbocycles. The fourth-order valence-corrected chi connectivity index (χ4v) is 3.73. The smallest absolute Gasteiger partial charge is 0.269 e. The molecule has 0 saturated carbocycles. The molecule has 0 spiro atoms. The Morgan fingerprint density at radius 3 is 2.10 bits per heavy atom. The molecular formula is C22H28N4O3.